The molecule has 2 heterocycles. The SMILES string of the molecule is COc1ccc([C@H](CNC(=O)c2ccc(Br)o2)c2c[nH]c3ccccc23)cc1. The molecule has 0 aliphatic rings. The summed E-state index contributed by atoms with van der Waals surface area (Å²) in [6.45, 7) is 0.436. The van der Waals surface area contributed by atoms with Crippen LogP contribution in [0.3, 0.4) is 0 Å². The van der Waals surface area contributed by atoms with Gasteiger partial charge in [0.25, 0.3) is 5.91 Å². The Bertz CT molecular complexity index is 1100. The van der Waals surface area contributed by atoms with Crippen LogP contribution in [0, 0.1) is 0 Å². The van der Waals surface area contributed by atoms with Gasteiger partial charge >= 0.3 is 0 Å². The number of para-hydroxylation sites is 1. The van der Waals surface area contributed by atoms with E-state index in [1.165, 1.54) is 0 Å². The number of methoxy groups -OCH3 is 1. The number of aromatic amines is 1. The summed E-state index contributed by atoms with van der Waals surface area (Å²) in [5, 5.41) is 4.13. The highest BCUT2D eigenvalue weighted by Crippen LogP contribution is 2.31. The molecule has 5 nitrogen and oxygen atoms in total. The van der Waals surface area contributed by atoms with Gasteiger partial charge in [-0.3, -0.25) is 4.79 Å². The Hall–Kier alpha value is -2.99. The van der Waals surface area contributed by atoms with Crippen LogP contribution < -0.4 is 10.1 Å². The minimum absolute atomic E-state index is 0.0237. The second kappa shape index (κ2) is 7.94. The lowest BCUT2D eigenvalue weighted by atomic mass is 9.90. The molecule has 28 heavy (non-hydrogen) atoms. The minimum Gasteiger partial charge on any atom is -0.497 e. The number of nitrogens with one attached hydrogen (secondary N) is 2. The number of fused-ring (bicyclic) bond motifs is 1. The van der Waals surface area contributed by atoms with Crippen LogP contribution in [0.1, 0.15) is 27.6 Å². The van der Waals surface area contributed by atoms with Crippen LogP contribution in [0.15, 0.2) is 75.9 Å². The topological polar surface area (TPSA) is 67.3 Å². The summed E-state index contributed by atoms with van der Waals surface area (Å²) in [5.41, 5.74) is 3.28. The molecule has 2 aromatic carbocycles. The first-order valence-electron chi connectivity index (χ1n) is 8.89. The number of H-pyrrole nitrogens is 1. The predicted octanol–water partition coefficient (Wildman–Crippen LogP) is 5.09. The molecule has 2 N–H and O–H groups in total. The second-order valence-corrected chi connectivity index (χ2v) is 7.21. The van der Waals surface area contributed by atoms with Gasteiger partial charge in [0, 0.05) is 29.6 Å². The molecular formula is C22H19BrN2O3. The molecule has 0 bridgehead atoms. The minimum atomic E-state index is -0.246. The molecular weight excluding hydrogens is 420 g/mol. The fraction of sp³-hybridized carbons (Fsp3) is 0.136. The summed E-state index contributed by atoms with van der Waals surface area (Å²) in [6.07, 6.45) is 2.01. The maximum absolute atomic E-state index is 12.5. The van der Waals surface area contributed by atoms with Crippen LogP contribution in [-0.4, -0.2) is 24.5 Å². The van der Waals surface area contributed by atoms with E-state index in [2.05, 4.69) is 32.3 Å². The number of ether oxygens (including phenoxy) is 1. The first-order valence-corrected chi connectivity index (χ1v) is 9.68. The van der Waals surface area contributed by atoms with Crippen molar-refractivity contribution in [2.24, 2.45) is 0 Å². The van der Waals surface area contributed by atoms with Crippen LogP contribution in [-0.2, 0) is 0 Å². The van der Waals surface area contributed by atoms with Gasteiger partial charge in [-0.15, -0.1) is 0 Å². The van der Waals surface area contributed by atoms with Crippen molar-refractivity contribution < 1.29 is 13.9 Å². The highest BCUT2D eigenvalue weighted by Gasteiger charge is 2.20. The van der Waals surface area contributed by atoms with Crippen LogP contribution >= 0.6 is 15.9 Å². The van der Waals surface area contributed by atoms with Crippen molar-refractivity contribution in [1.29, 1.82) is 0 Å². The normalized spacial score (nSPS) is 12.1. The summed E-state index contributed by atoms with van der Waals surface area (Å²) in [5.74, 6) is 0.804. The summed E-state index contributed by atoms with van der Waals surface area (Å²) in [6, 6.07) is 19.4. The van der Waals surface area contributed by atoms with Crippen LogP contribution in [0.5, 0.6) is 5.75 Å². The smallest absolute Gasteiger partial charge is 0.287 e. The third kappa shape index (κ3) is 3.68. The first kappa shape index (κ1) is 18.4. The molecule has 0 saturated carbocycles. The lowest BCUT2D eigenvalue weighted by molar-refractivity contribution is 0.0923. The van der Waals surface area contributed by atoms with Crippen molar-refractivity contribution in [3.05, 3.63) is 88.4 Å². The van der Waals surface area contributed by atoms with Crippen molar-refractivity contribution in [1.82, 2.24) is 10.3 Å². The highest BCUT2D eigenvalue weighted by molar-refractivity contribution is 9.10. The molecule has 0 spiro atoms. The van der Waals surface area contributed by atoms with E-state index in [1.54, 1.807) is 19.2 Å². The van der Waals surface area contributed by atoms with Gasteiger partial charge in [0.05, 0.1) is 7.11 Å². The Labute approximate surface area is 170 Å². The number of amides is 1. The van der Waals surface area contributed by atoms with Crippen molar-refractivity contribution in [3.8, 4) is 5.75 Å². The molecule has 4 aromatic rings. The van der Waals surface area contributed by atoms with Gasteiger partial charge in [-0.2, -0.15) is 0 Å². The predicted molar refractivity (Wildman–Crippen MR) is 112 cm³/mol. The van der Waals surface area contributed by atoms with E-state index < -0.39 is 0 Å². The fourth-order valence-corrected chi connectivity index (χ4v) is 3.65. The molecule has 0 unspecified atom stereocenters. The first-order chi connectivity index (χ1) is 13.7. The molecule has 0 aliphatic carbocycles. The zero-order valence-corrected chi connectivity index (χ0v) is 16.8. The Morgan fingerprint density at radius 1 is 1.14 bits per heavy atom. The molecule has 4 rings (SSSR count). The zero-order valence-electron chi connectivity index (χ0n) is 15.2. The van der Waals surface area contributed by atoms with Gasteiger partial charge in [0.2, 0.25) is 0 Å². The molecule has 1 amide bonds. The molecule has 6 heteroatoms. The molecule has 0 radical (unpaired) electrons. The summed E-state index contributed by atoms with van der Waals surface area (Å²) < 4.78 is 11.2. The molecule has 0 aliphatic heterocycles. The lowest BCUT2D eigenvalue weighted by Crippen LogP contribution is -2.28. The third-order valence-corrected chi connectivity index (χ3v) is 5.20. The number of furan rings is 1. The summed E-state index contributed by atoms with van der Waals surface area (Å²) in [4.78, 5) is 15.8. The molecule has 0 saturated heterocycles. The van der Waals surface area contributed by atoms with E-state index >= 15 is 0 Å². The molecule has 1 atom stereocenters. The standard InChI is InChI=1S/C22H19BrN2O3/c1-27-15-8-6-14(7-9-15)17(12-25-22(26)20-10-11-21(23)28-20)18-13-24-19-5-3-2-4-16(18)19/h2-11,13,17,24H,12H2,1H3,(H,25,26)/t17-/m0/s1. The molecule has 2 aromatic heterocycles. The number of rotatable bonds is 6. The monoisotopic (exact) mass is 438 g/mol. The Kier molecular flexibility index (Phi) is 5.21. The van der Waals surface area contributed by atoms with Gasteiger partial charge in [0.15, 0.2) is 10.4 Å². The molecule has 142 valence electrons. The third-order valence-electron chi connectivity index (χ3n) is 4.78. The van der Waals surface area contributed by atoms with Gasteiger partial charge in [0.1, 0.15) is 5.75 Å². The average Bonchev–Trinajstić information content (AvgIpc) is 3.35. The Morgan fingerprint density at radius 3 is 2.64 bits per heavy atom. The Balaban J connectivity index is 1.65. The van der Waals surface area contributed by atoms with Gasteiger partial charge in [-0.05, 0) is 57.4 Å². The molecule has 0 fully saturated rings. The maximum atomic E-state index is 12.5. The highest BCUT2D eigenvalue weighted by atomic mass is 79.9. The number of hydrogen-bond donors (Lipinski definition) is 2. The van der Waals surface area contributed by atoms with E-state index in [1.807, 2.05) is 48.7 Å². The van der Waals surface area contributed by atoms with Gasteiger partial charge in [-0.1, -0.05) is 30.3 Å². The summed E-state index contributed by atoms with van der Waals surface area (Å²) in [7, 11) is 1.65. The van der Waals surface area contributed by atoms with Crippen LogP contribution in [0.4, 0.5) is 0 Å². The summed E-state index contributed by atoms with van der Waals surface area (Å²) >= 11 is 3.23. The van der Waals surface area contributed by atoms with Crippen molar-refractivity contribution in [3.63, 3.8) is 0 Å². The number of halogens is 1. The zero-order chi connectivity index (χ0) is 19.5. The van der Waals surface area contributed by atoms with Crippen molar-refractivity contribution >= 4 is 32.7 Å². The number of carbonyl (C=O) groups excluding carboxylic acids is 1. The average molecular weight is 439 g/mol. The number of aromatic nitrogens is 1. The lowest BCUT2D eigenvalue weighted by Gasteiger charge is -2.18. The van der Waals surface area contributed by atoms with Crippen molar-refractivity contribution in [2.45, 2.75) is 5.92 Å². The van der Waals surface area contributed by atoms with E-state index in [9.17, 15) is 4.79 Å². The number of carbonyl (C=O) groups is 1. The second-order valence-electron chi connectivity index (χ2n) is 6.43. The van der Waals surface area contributed by atoms with Gasteiger partial charge < -0.3 is 19.5 Å². The number of benzene rings is 2. The van der Waals surface area contributed by atoms with Crippen LogP contribution in [0.2, 0.25) is 0 Å². The fourth-order valence-electron chi connectivity index (χ4n) is 3.34. The van der Waals surface area contributed by atoms with Crippen molar-refractivity contribution in [2.75, 3.05) is 13.7 Å². The van der Waals surface area contributed by atoms with E-state index in [0.29, 0.717) is 11.2 Å². The maximum Gasteiger partial charge on any atom is 0.287 e. The quantitative estimate of drug-likeness (QED) is 0.440. The largest absolute Gasteiger partial charge is 0.497 e. The van der Waals surface area contributed by atoms with E-state index in [0.717, 1.165) is 27.8 Å². The number of hydrogen-bond acceptors (Lipinski definition) is 3. The van der Waals surface area contributed by atoms with E-state index in [-0.39, 0.29) is 17.6 Å². The van der Waals surface area contributed by atoms with Crippen LogP contribution in [0.25, 0.3) is 10.9 Å². The Morgan fingerprint density at radius 2 is 1.93 bits per heavy atom. The van der Waals surface area contributed by atoms with E-state index in [4.69, 9.17) is 9.15 Å². The van der Waals surface area contributed by atoms with Gasteiger partial charge in [-0.25, -0.2) is 0 Å².